The number of fused-ring (bicyclic) bond motifs is 2. The lowest BCUT2D eigenvalue weighted by Gasteiger charge is -2.27. The molecule has 0 unspecified atom stereocenters. The molecule has 38 heteroatoms. The number of carbonyl (C=O) groups is 4. The second-order valence-corrected chi connectivity index (χ2v) is 34.1. The third-order valence-corrected chi connectivity index (χ3v) is 22.4. The number of ether oxygens (including phenoxy) is 24. The first-order chi connectivity index (χ1) is 66.8. The van der Waals surface area contributed by atoms with E-state index in [4.69, 9.17) is 119 Å². The molecule has 786 valence electrons. The van der Waals surface area contributed by atoms with Gasteiger partial charge in [-0.2, -0.15) is 4.58 Å². The minimum Gasteiger partial charge on any atom is -0.744 e. The number of methoxy groups -OCH3 is 1. The second-order valence-electron chi connectivity index (χ2n) is 32.7. The van der Waals surface area contributed by atoms with Crippen LogP contribution in [0.25, 0.3) is 0 Å². The van der Waals surface area contributed by atoms with Crippen LogP contribution in [0.3, 0.4) is 0 Å². The van der Waals surface area contributed by atoms with E-state index in [1.165, 1.54) is 42.9 Å². The number of quaternary nitrogens is 1. The van der Waals surface area contributed by atoms with Crippen LogP contribution in [-0.4, -0.2) is 409 Å². The first-order valence-corrected chi connectivity index (χ1v) is 50.5. The summed E-state index contributed by atoms with van der Waals surface area (Å²) in [7, 11) is -3.05. The molecule has 1 fully saturated rings. The molecule has 0 bridgehead atoms. The van der Waals surface area contributed by atoms with Crippen LogP contribution >= 0.6 is 0 Å². The van der Waals surface area contributed by atoms with Crippen molar-refractivity contribution in [2.75, 3.05) is 362 Å². The highest BCUT2D eigenvalue weighted by Crippen LogP contribution is 2.48. The van der Waals surface area contributed by atoms with Gasteiger partial charge in [-0.15, -0.1) is 5.06 Å². The topological polar surface area (TPSA) is 382 Å². The van der Waals surface area contributed by atoms with E-state index in [-0.39, 0.29) is 35.5 Å². The smallest absolute Gasteiger partial charge is 0.333 e. The molecule has 3 heterocycles. The van der Waals surface area contributed by atoms with Gasteiger partial charge in [0.25, 0.3) is 11.8 Å². The van der Waals surface area contributed by atoms with Gasteiger partial charge >= 0.3 is 5.97 Å². The van der Waals surface area contributed by atoms with Crippen molar-refractivity contribution >= 4 is 50.9 Å². The van der Waals surface area contributed by atoms with Crippen molar-refractivity contribution in [1.82, 2.24) is 10.4 Å². The first-order valence-electron chi connectivity index (χ1n) is 49.1. The Morgan fingerprint density at radius 2 is 0.759 bits per heavy atom. The zero-order valence-corrected chi connectivity index (χ0v) is 84.7. The van der Waals surface area contributed by atoms with E-state index in [2.05, 4.69) is 80.6 Å². The number of amides is 3. The number of rotatable bonds is 93. The third-order valence-electron chi connectivity index (χ3n) is 21.6. The highest BCUT2D eigenvalue weighted by molar-refractivity contribution is 7.85. The predicted molar refractivity (Wildman–Crippen MR) is 515 cm³/mol. The molecule has 0 radical (unpaired) electrons. The molecule has 5 rings (SSSR count). The monoisotopic (exact) mass is 1970 g/mol. The van der Waals surface area contributed by atoms with Crippen molar-refractivity contribution in [3.63, 3.8) is 0 Å². The summed E-state index contributed by atoms with van der Waals surface area (Å²) in [5, 5.41) is 3.52. The van der Waals surface area contributed by atoms with E-state index in [9.17, 15) is 32.1 Å². The molecule has 0 aliphatic carbocycles. The summed E-state index contributed by atoms with van der Waals surface area (Å²) in [6.45, 7) is 44.9. The Morgan fingerprint density at radius 1 is 0.416 bits per heavy atom. The van der Waals surface area contributed by atoms with Crippen LogP contribution < -0.4 is 15.1 Å². The highest BCUT2D eigenvalue weighted by Gasteiger charge is 2.45. The van der Waals surface area contributed by atoms with E-state index in [1.54, 1.807) is 18.1 Å². The number of hydrogen-bond donors (Lipinski definition) is 2. The van der Waals surface area contributed by atoms with Gasteiger partial charge in [-0.05, 0) is 97.1 Å². The number of imide groups is 1. The number of unbranched alkanes of at least 4 members (excludes halogenated alkanes) is 4. The fourth-order valence-corrected chi connectivity index (χ4v) is 14.5. The van der Waals surface area contributed by atoms with E-state index in [0.29, 0.717) is 348 Å². The predicted octanol–water partition coefficient (Wildman–Crippen LogP) is 7.43. The molecule has 0 aromatic heterocycles. The Hall–Kier alpha value is -6.14. The van der Waals surface area contributed by atoms with Crippen LogP contribution in [0.15, 0.2) is 89.5 Å². The molecular formula is C99H168N5O32S+. The van der Waals surface area contributed by atoms with Gasteiger partial charge in [-0.3, -0.25) is 14.4 Å². The number of benzene rings is 2. The fraction of sp³-hybridized carbons (Fsp3) is 0.747. The van der Waals surface area contributed by atoms with Gasteiger partial charge in [0.2, 0.25) is 11.6 Å². The van der Waals surface area contributed by atoms with Crippen LogP contribution in [0.5, 0.6) is 0 Å². The molecule has 2 aromatic rings. The van der Waals surface area contributed by atoms with Gasteiger partial charge in [-0.25, -0.2) is 13.2 Å². The van der Waals surface area contributed by atoms with Gasteiger partial charge in [0.15, 0.2) is 5.71 Å². The van der Waals surface area contributed by atoms with Crippen LogP contribution in [0.2, 0.25) is 0 Å². The standard InChI is InChI=1S/C93H152N4O32S.C6H15N/c1-80-22-24-84-82(78-80)92(2,3)86(95(84)30-17-11-15-21-91(101)129-97-89(99)26-27-90(97)100)18-12-8-7-9-13-19-87-93(4,5)83-79-81(130(102,103)104)23-25-85(83)96(87)29-16-10-14-20-88(98)94-28-31-106-34-35-108-38-39-110-42-43-112-46-47-114-50-51-116-54-55-118-58-59-120-62-63-122-66-67-124-70-71-126-74-75-128-77-76-127-73-72-125-69-68-123-65-64-121-61-60-119-57-56-117-53-52-115-49-48-113-45-44-111-41-40-109-37-36-107-33-32-105-6;1-4-7(5-2)6-3/h7-9,12-13,18-19,22-25,78-79H,10-11,14-17,20-21,26-77H2,1-6H3,(H-,94,98,102,103,104);4-6H2,1-3H3/p+1. The maximum atomic E-state index is 12.7. The molecule has 137 heavy (non-hydrogen) atoms. The lowest BCUT2D eigenvalue weighted by molar-refractivity contribution is -0.894. The average Bonchev–Trinajstić information content (AvgIpc) is 1.58. The summed E-state index contributed by atoms with van der Waals surface area (Å²) in [4.78, 5) is 57.7. The molecule has 3 amide bonds. The van der Waals surface area contributed by atoms with Gasteiger partial charge in [-0.1, -0.05) is 68.3 Å². The largest absolute Gasteiger partial charge is 0.744 e. The SMILES string of the molecule is CC[NH+](CC)CC.COCCOCCOCCOCCOCCOCCOCCOCCOCCOCCOCCOCCOCCOCCOCCOCCOCCOCCOCCOCCOCCOCCOCCOCCNC(=O)CCCCC[N+]1=C(C=CC=CC=CC=C2N(CCCCCC(=O)ON3C(=O)CCC3=O)c3ccc(C)cc3C2(C)C)C(C)(C)c2cc(S(=O)(=O)[O-])ccc21. The van der Waals surface area contributed by atoms with E-state index >= 15 is 0 Å². The quantitative estimate of drug-likeness (QED) is 0.0214. The number of anilines is 1. The summed E-state index contributed by atoms with van der Waals surface area (Å²) in [6, 6.07) is 11.1. The Labute approximate surface area is 815 Å². The van der Waals surface area contributed by atoms with E-state index in [0.717, 1.165) is 60.6 Å². The van der Waals surface area contributed by atoms with Crippen LogP contribution in [0, 0.1) is 6.92 Å². The Bertz CT molecular complexity index is 3660. The number of hydrogen-bond acceptors (Lipinski definition) is 33. The number of allylic oxidation sites excluding steroid dienone is 8. The van der Waals surface area contributed by atoms with Crippen LogP contribution in [-0.2, 0) is 159 Å². The summed E-state index contributed by atoms with van der Waals surface area (Å²) >= 11 is 0. The molecule has 37 nitrogen and oxygen atoms in total. The molecule has 0 spiro atoms. The molecule has 3 aliphatic heterocycles. The van der Waals surface area contributed by atoms with Crippen molar-refractivity contribution in [2.24, 2.45) is 0 Å². The van der Waals surface area contributed by atoms with Crippen LogP contribution in [0.1, 0.15) is 129 Å². The molecule has 3 aliphatic rings. The number of nitrogens with one attached hydrogen (secondary N) is 2. The maximum Gasteiger partial charge on any atom is 0.333 e. The third kappa shape index (κ3) is 59.5. The minimum absolute atomic E-state index is 0.0540. The first kappa shape index (κ1) is 123. The zero-order valence-electron chi connectivity index (χ0n) is 83.9. The van der Waals surface area contributed by atoms with E-state index in [1.807, 2.05) is 50.3 Å². The van der Waals surface area contributed by atoms with Gasteiger partial charge < -0.3 is 138 Å². The van der Waals surface area contributed by atoms with Crippen molar-refractivity contribution in [2.45, 2.75) is 135 Å². The number of carbonyl (C=O) groups excluding carboxylic acids is 4. The van der Waals surface area contributed by atoms with Gasteiger partial charge in [0.05, 0.1) is 340 Å². The molecule has 1 saturated heterocycles. The number of nitrogens with zero attached hydrogens (tertiary/aromatic N) is 3. The lowest BCUT2D eigenvalue weighted by atomic mass is 9.81. The molecule has 2 aromatic carbocycles. The summed E-state index contributed by atoms with van der Waals surface area (Å²) in [6.07, 6.45) is 18.9. The van der Waals surface area contributed by atoms with Crippen LogP contribution in [0.4, 0.5) is 11.4 Å². The van der Waals surface area contributed by atoms with Gasteiger partial charge in [0.1, 0.15) is 16.7 Å². The normalized spacial score (nSPS) is 14.5. The lowest BCUT2D eigenvalue weighted by Crippen LogP contribution is -3.11. The van der Waals surface area contributed by atoms with Gasteiger partial charge in [0, 0.05) is 86.8 Å². The van der Waals surface area contributed by atoms with Crippen molar-refractivity contribution in [3.05, 3.63) is 101 Å². The maximum absolute atomic E-state index is 12.7. The number of hydroxylamine groups is 2. The minimum atomic E-state index is -4.69. The Morgan fingerprint density at radius 3 is 1.12 bits per heavy atom. The Kier molecular flexibility index (Phi) is 74.0. The number of aryl methyl sites for hydroxylation is 1. The molecular weight excluding hydrogens is 1800 g/mol. The summed E-state index contributed by atoms with van der Waals surface area (Å²) in [5.74, 6) is -1.63. The molecule has 0 atom stereocenters. The Balaban J connectivity index is 0.00000537. The van der Waals surface area contributed by atoms with E-state index < -0.39 is 33.3 Å². The highest BCUT2D eigenvalue weighted by atomic mass is 32.2. The molecule has 2 N–H and O–H groups in total. The van der Waals surface area contributed by atoms with Crippen molar-refractivity contribution < 1.29 is 160 Å². The molecule has 0 saturated carbocycles. The second kappa shape index (κ2) is 82.3. The van der Waals surface area contributed by atoms with Crippen molar-refractivity contribution in [1.29, 1.82) is 0 Å². The summed E-state index contributed by atoms with van der Waals surface area (Å²) < 4.78 is 171. The summed E-state index contributed by atoms with van der Waals surface area (Å²) in [5.41, 5.74) is 6.30. The fourth-order valence-electron chi connectivity index (χ4n) is 14.0. The zero-order chi connectivity index (χ0) is 98.9. The average molecular weight is 1970 g/mol. The van der Waals surface area contributed by atoms with Crippen molar-refractivity contribution in [3.8, 4) is 0 Å².